The number of hydrogen-bond donors (Lipinski definition) is 0. The van der Waals surface area contributed by atoms with Crippen molar-refractivity contribution in [2.24, 2.45) is 0 Å². The molecular weight excluding hydrogens is 462 g/mol. The Morgan fingerprint density at radius 1 is 0.676 bits per heavy atom. The number of ether oxygens (including phenoxy) is 4. The summed E-state index contributed by atoms with van der Waals surface area (Å²) in [7, 11) is 5.06. The van der Waals surface area contributed by atoms with Crippen LogP contribution in [0, 0.1) is 0 Å². The Balaban J connectivity index is 1.34. The van der Waals surface area contributed by atoms with Gasteiger partial charge in [-0.05, 0) is 67.4 Å². The Morgan fingerprint density at radius 2 is 1.35 bits per heavy atom. The van der Waals surface area contributed by atoms with Crippen molar-refractivity contribution >= 4 is 12.2 Å². The summed E-state index contributed by atoms with van der Waals surface area (Å²) < 4.78 is 22.1. The lowest BCUT2D eigenvalue weighted by atomic mass is 10.1. The molecule has 0 aliphatic rings. The summed E-state index contributed by atoms with van der Waals surface area (Å²) in [6, 6.07) is 22.3. The van der Waals surface area contributed by atoms with Gasteiger partial charge in [-0.25, -0.2) is 0 Å². The van der Waals surface area contributed by atoms with E-state index < -0.39 is 0 Å². The van der Waals surface area contributed by atoms with Crippen LogP contribution in [-0.2, 0) is 6.54 Å². The number of methoxy groups -OCH3 is 3. The first-order valence-electron chi connectivity index (χ1n) is 13.1. The average Bonchev–Trinajstić information content (AvgIpc) is 2.95. The normalized spacial score (nSPS) is 11.2. The summed E-state index contributed by atoms with van der Waals surface area (Å²) in [4.78, 5) is 2.48. The second-order valence-corrected chi connectivity index (χ2v) is 8.99. The summed E-state index contributed by atoms with van der Waals surface area (Å²) in [5, 5.41) is 0. The van der Waals surface area contributed by atoms with Gasteiger partial charge in [0.15, 0.2) is 0 Å². The highest BCUT2D eigenvalue weighted by atomic mass is 16.5. The summed E-state index contributed by atoms with van der Waals surface area (Å²) in [5.74, 6) is 3.44. The van der Waals surface area contributed by atoms with Gasteiger partial charge in [0.05, 0.1) is 27.9 Å². The minimum Gasteiger partial charge on any atom is -0.497 e. The van der Waals surface area contributed by atoms with Gasteiger partial charge in [-0.2, -0.15) is 0 Å². The molecular formula is C32H41NO4. The topological polar surface area (TPSA) is 40.2 Å². The summed E-state index contributed by atoms with van der Waals surface area (Å²) in [5.41, 5.74) is 3.39. The Kier molecular flexibility index (Phi) is 11.9. The highest BCUT2D eigenvalue weighted by molar-refractivity contribution is 5.71. The Bertz CT molecular complexity index is 1070. The third-order valence-electron chi connectivity index (χ3n) is 6.39. The number of unbranched alkanes of at least 4 members (excludes halogenated alkanes) is 3. The van der Waals surface area contributed by atoms with Gasteiger partial charge in [0.25, 0.3) is 0 Å². The molecule has 0 saturated carbocycles. The molecule has 3 aromatic carbocycles. The first-order valence-corrected chi connectivity index (χ1v) is 13.1. The summed E-state index contributed by atoms with van der Waals surface area (Å²) >= 11 is 0. The zero-order valence-electron chi connectivity index (χ0n) is 22.7. The van der Waals surface area contributed by atoms with Crippen molar-refractivity contribution in [1.29, 1.82) is 0 Å². The van der Waals surface area contributed by atoms with Crippen molar-refractivity contribution in [2.45, 2.75) is 39.2 Å². The molecule has 0 radical (unpaired) electrons. The first-order chi connectivity index (χ1) is 18.1. The number of rotatable bonds is 16. The third kappa shape index (κ3) is 9.51. The summed E-state index contributed by atoms with van der Waals surface area (Å²) in [6.45, 7) is 6.05. The van der Waals surface area contributed by atoms with Gasteiger partial charge in [0.2, 0.25) is 0 Å². The van der Waals surface area contributed by atoms with Gasteiger partial charge in [-0.3, -0.25) is 4.90 Å². The van der Waals surface area contributed by atoms with Crippen LogP contribution in [0.5, 0.6) is 23.0 Å². The quantitative estimate of drug-likeness (QED) is 0.151. The molecule has 0 bridgehead atoms. The van der Waals surface area contributed by atoms with E-state index in [1.54, 1.807) is 21.3 Å². The van der Waals surface area contributed by atoms with E-state index in [4.69, 9.17) is 18.9 Å². The van der Waals surface area contributed by atoms with Crippen molar-refractivity contribution in [3.63, 3.8) is 0 Å². The molecule has 0 aliphatic carbocycles. The molecule has 198 valence electrons. The van der Waals surface area contributed by atoms with Crippen LogP contribution in [0.25, 0.3) is 12.2 Å². The Labute approximate surface area is 222 Å². The fourth-order valence-electron chi connectivity index (χ4n) is 4.20. The van der Waals surface area contributed by atoms with Gasteiger partial charge in [-0.1, -0.05) is 62.2 Å². The van der Waals surface area contributed by atoms with Crippen LogP contribution in [-0.4, -0.2) is 45.9 Å². The maximum absolute atomic E-state index is 5.96. The molecule has 0 fully saturated rings. The zero-order chi connectivity index (χ0) is 26.3. The van der Waals surface area contributed by atoms with Crippen LogP contribution >= 0.6 is 0 Å². The zero-order valence-corrected chi connectivity index (χ0v) is 22.7. The summed E-state index contributed by atoms with van der Waals surface area (Å²) in [6.07, 6.45) is 8.78. The minimum absolute atomic E-state index is 0.748. The standard InChI is InChI=1S/C32H41NO4/c1-5-33(25-28-12-8-9-13-32(28)36-4)20-10-6-7-11-21-37-29-18-16-26(17-19-29)14-15-27-22-30(34-2)24-31(23-27)35-3/h8-9,12-19,22-24H,5-7,10-11,20-21,25H2,1-4H3/b15-14+. The average molecular weight is 504 g/mol. The maximum Gasteiger partial charge on any atom is 0.123 e. The van der Waals surface area contributed by atoms with E-state index in [0.29, 0.717) is 0 Å². The second-order valence-electron chi connectivity index (χ2n) is 8.99. The molecule has 0 aliphatic heterocycles. The second kappa shape index (κ2) is 15.6. The minimum atomic E-state index is 0.748. The van der Waals surface area contributed by atoms with Crippen LogP contribution in [0.4, 0.5) is 0 Å². The number of nitrogens with zero attached hydrogens (tertiary/aromatic N) is 1. The lowest BCUT2D eigenvalue weighted by Crippen LogP contribution is -2.24. The van der Waals surface area contributed by atoms with Crippen molar-refractivity contribution in [3.05, 3.63) is 83.4 Å². The van der Waals surface area contributed by atoms with Crippen LogP contribution in [0.3, 0.4) is 0 Å². The molecule has 0 unspecified atom stereocenters. The number of hydrogen-bond acceptors (Lipinski definition) is 5. The Morgan fingerprint density at radius 3 is 2.03 bits per heavy atom. The fourth-order valence-corrected chi connectivity index (χ4v) is 4.20. The van der Waals surface area contributed by atoms with Crippen LogP contribution in [0.2, 0.25) is 0 Å². The van der Waals surface area contributed by atoms with E-state index in [-0.39, 0.29) is 0 Å². The van der Waals surface area contributed by atoms with Crippen LogP contribution < -0.4 is 18.9 Å². The molecule has 0 amide bonds. The first kappa shape index (κ1) is 28.1. The third-order valence-corrected chi connectivity index (χ3v) is 6.39. The molecule has 0 atom stereocenters. The van der Waals surface area contributed by atoms with Gasteiger partial charge in [0.1, 0.15) is 23.0 Å². The van der Waals surface area contributed by atoms with Gasteiger partial charge in [-0.15, -0.1) is 0 Å². The molecule has 5 nitrogen and oxygen atoms in total. The van der Waals surface area contributed by atoms with E-state index in [1.807, 2.05) is 42.5 Å². The highest BCUT2D eigenvalue weighted by Crippen LogP contribution is 2.24. The van der Waals surface area contributed by atoms with Crippen LogP contribution in [0.1, 0.15) is 49.3 Å². The Hall–Kier alpha value is -3.44. The number of benzene rings is 3. The van der Waals surface area contributed by atoms with E-state index in [0.717, 1.165) is 66.8 Å². The molecule has 0 aromatic heterocycles. The molecule has 37 heavy (non-hydrogen) atoms. The molecule has 0 saturated heterocycles. The van der Waals surface area contributed by atoms with Gasteiger partial charge in [0, 0.05) is 18.2 Å². The van der Waals surface area contributed by atoms with E-state index in [9.17, 15) is 0 Å². The largest absolute Gasteiger partial charge is 0.497 e. The van der Waals surface area contributed by atoms with Crippen molar-refractivity contribution in [2.75, 3.05) is 41.0 Å². The predicted molar refractivity (Wildman–Crippen MR) is 153 cm³/mol. The van der Waals surface area contributed by atoms with E-state index in [2.05, 4.69) is 48.2 Å². The van der Waals surface area contributed by atoms with Crippen molar-refractivity contribution < 1.29 is 18.9 Å². The molecule has 0 heterocycles. The lowest BCUT2D eigenvalue weighted by Gasteiger charge is -2.21. The van der Waals surface area contributed by atoms with Crippen molar-refractivity contribution in [3.8, 4) is 23.0 Å². The van der Waals surface area contributed by atoms with E-state index in [1.165, 1.54) is 24.8 Å². The van der Waals surface area contributed by atoms with Crippen LogP contribution in [0.15, 0.2) is 66.7 Å². The molecule has 3 aromatic rings. The smallest absolute Gasteiger partial charge is 0.123 e. The van der Waals surface area contributed by atoms with E-state index >= 15 is 0 Å². The molecule has 3 rings (SSSR count). The van der Waals surface area contributed by atoms with Crippen molar-refractivity contribution in [1.82, 2.24) is 4.90 Å². The molecule has 5 heteroatoms. The molecule has 0 N–H and O–H groups in total. The van der Waals surface area contributed by atoms with Gasteiger partial charge < -0.3 is 18.9 Å². The SMILES string of the molecule is CCN(CCCCCCOc1ccc(/C=C/c2cc(OC)cc(OC)c2)cc1)Cc1ccccc1OC. The lowest BCUT2D eigenvalue weighted by molar-refractivity contribution is 0.263. The fraction of sp³-hybridized carbons (Fsp3) is 0.375. The monoisotopic (exact) mass is 503 g/mol. The predicted octanol–water partition coefficient (Wildman–Crippen LogP) is 7.34. The number of para-hydroxylation sites is 1. The maximum atomic E-state index is 5.96. The highest BCUT2D eigenvalue weighted by Gasteiger charge is 2.08. The molecule has 0 spiro atoms. The van der Waals surface area contributed by atoms with Gasteiger partial charge >= 0.3 is 0 Å².